The van der Waals surface area contributed by atoms with Gasteiger partial charge in [0, 0.05) is 18.2 Å². The Morgan fingerprint density at radius 1 is 1.89 bits per heavy atom. The molecule has 1 unspecified atom stereocenters. The van der Waals surface area contributed by atoms with Crippen molar-refractivity contribution < 1.29 is 4.79 Å². The fraction of sp³-hybridized carbons (Fsp3) is 0.333. The highest BCUT2D eigenvalue weighted by atomic mass is 79.9. The zero-order valence-corrected chi connectivity index (χ0v) is 6.34. The lowest BCUT2D eigenvalue weighted by molar-refractivity contribution is -0.105. The van der Waals surface area contributed by atoms with E-state index in [9.17, 15) is 4.79 Å². The van der Waals surface area contributed by atoms with E-state index in [0.717, 1.165) is 18.3 Å². The summed E-state index contributed by atoms with van der Waals surface area (Å²) >= 11 is 3.22. The number of dihydropyridines is 1. The molecule has 2 nitrogen and oxygen atoms in total. The summed E-state index contributed by atoms with van der Waals surface area (Å²) in [7, 11) is 0. The molecule has 0 N–H and O–H groups in total. The summed E-state index contributed by atoms with van der Waals surface area (Å²) in [6, 6.07) is 0. The molecule has 1 rings (SSSR count). The van der Waals surface area contributed by atoms with Crippen molar-refractivity contribution in [2.75, 3.05) is 0 Å². The number of aliphatic imine (C=N–C) groups is 1. The number of nitrogens with zero attached hydrogens (tertiary/aromatic N) is 1. The first-order valence-electron chi connectivity index (χ1n) is 2.65. The second kappa shape index (κ2) is 2.92. The quantitative estimate of drug-likeness (QED) is 0.346. The average Bonchev–Trinajstić information content (AvgIpc) is 1.89. The van der Waals surface area contributed by atoms with Crippen LogP contribution in [-0.2, 0) is 4.79 Å². The topological polar surface area (TPSA) is 29.4 Å². The minimum absolute atomic E-state index is 0.108. The fourth-order valence-corrected chi connectivity index (χ4v) is 1.09. The Balaban J connectivity index is 2.70. The van der Waals surface area contributed by atoms with Crippen LogP contribution in [0.5, 0.6) is 0 Å². The first-order chi connectivity index (χ1) is 4.34. The van der Waals surface area contributed by atoms with Gasteiger partial charge in [0.15, 0.2) is 0 Å². The summed E-state index contributed by atoms with van der Waals surface area (Å²) in [5, 5.41) is 0. The van der Waals surface area contributed by atoms with Crippen molar-refractivity contribution in [1.29, 1.82) is 0 Å². The van der Waals surface area contributed by atoms with Gasteiger partial charge in [-0.2, -0.15) is 0 Å². The predicted octanol–water partition coefficient (Wildman–Crippen LogP) is 1.31. The van der Waals surface area contributed by atoms with E-state index in [1.807, 2.05) is 6.08 Å². The number of hydrogen-bond donors (Lipinski definition) is 0. The summed E-state index contributed by atoms with van der Waals surface area (Å²) in [4.78, 5) is 14.1. The van der Waals surface area contributed by atoms with Crippen LogP contribution in [0.4, 0.5) is 0 Å². The second-order valence-electron chi connectivity index (χ2n) is 1.73. The van der Waals surface area contributed by atoms with Gasteiger partial charge in [-0.3, -0.25) is 9.79 Å². The van der Waals surface area contributed by atoms with Gasteiger partial charge in [0.25, 0.3) is 0 Å². The first kappa shape index (κ1) is 6.68. The van der Waals surface area contributed by atoms with Crippen molar-refractivity contribution in [2.24, 2.45) is 4.99 Å². The number of allylic oxidation sites excluding steroid dienone is 1. The Bertz CT molecular complexity index is 174. The van der Waals surface area contributed by atoms with E-state index in [1.165, 1.54) is 0 Å². The maximum absolute atomic E-state index is 10.2. The Kier molecular flexibility index (Phi) is 2.16. The molecule has 0 fully saturated rings. The highest BCUT2D eigenvalue weighted by molar-refractivity contribution is 9.09. The molecule has 3 heteroatoms. The van der Waals surface area contributed by atoms with E-state index in [1.54, 1.807) is 6.21 Å². The normalized spacial score (nSPS) is 25.4. The zero-order valence-electron chi connectivity index (χ0n) is 4.75. The number of halogens is 1. The van der Waals surface area contributed by atoms with Gasteiger partial charge >= 0.3 is 0 Å². The van der Waals surface area contributed by atoms with Gasteiger partial charge in [-0.1, -0.05) is 22.0 Å². The van der Waals surface area contributed by atoms with Gasteiger partial charge in [-0.25, -0.2) is 0 Å². The summed E-state index contributed by atoms with van der Waals surface area (Å²) in [5.74, 6) is 0. The molecular formula is C6H6BrNO. The van der Waals surface area contributed by atoms with E-state index in [0.29, 0.717) is 0 Å². The number of hydrogen-bond acceptors (Lipinski definition) is 2. The molecule has 1 aliphatic rings. The average molecular weight is 188 g/mol. The maximum atomic E-state index is 10.2. The van der Waals surface area contributed by atoms with Crippen molar-refractivity contribution in [3.05, 3.63) is 11.6 Å². The minimum atomic E-state index is -0.108. The molecule has 1 heterocycles. The van der Waals surface area contributed by atoms with Crippen LogP contribution < -0.4 is 0 Å². The lowest BCUT2D eigenvalue weighted by Gasteiger charge is -2.06. The Labute approximate surface area is 61.8 Å². The fourth-order valence-electron chi connectivity index (χ4n) is 0.630. The van der Waals surface area contributed by atoms with E-state index < -0.39 is 0 Å². The molecule has 0 radical (unpaired) electrons. The van der Waals surface area contributed by atoms with Crippen LogP contribution in [0.2, 0.25) is 0 Å². The van der Waals surface area contributed by atoms with Crippen molar-refractivity contribution in [3.63, 3.8) is 0 Å². The van der Waals surface area contributed by atoms with Crippen molar-refractivity contribution in [2.45, 2.75) is 11.4 Å². The van der Waals surface area contributed by atoms with Crippen LogP contribution in [0.3, 0.4) is 0 Å². The van der Waals surface area contributed by atoms with Crippen LogP contribution in [0.25, 0.3) is 0 Å². The smallest absolute Gasteiger partial charge is 0.148 e. The van der Waals surface area contributed by atoms with Crippen molar-refractivity contribution in [3.8, 4) is 0 Å². The standard InChI is InChI=1S/C6H6BrNO/c7-6-5(4-9)2-1-3-8-6/h2-4,6H,1H2. The van der Waals surface area contributed by atoms with Crippen LogP contribution in [0.1, 0.15) is 6.42 Å². The molecular weight excluding hydrogens is 182 g/mol. The summed E-state index contributed by atoms with van der Waals surface area (Å²) in [5.41, 5.74) is 0.720. The predicted molar refractivity (Wildman–Crippen MR) is 40.0 cm³/mol. The van der Waals surface area contributed by atoms with Gasteiger partial charge in [-0.05, 0) is 0 Å². The van der Waals surface area contributed by atoms with E-state index in [2.05, 4.69) is 20.9 Å². The molecule has 0 aromatic heterocycles. The van der Waals surface area contributed by atoms with Crippen molar-refractivity contribution >= 4 is 28.4 Å². The SMILES string of the molecule is O=CC1=CCC=NC1Br. The molecule has 0 saturated carbocycles. The summed E-state index contributed by atoms with van der Waals surface area (Å²) in [6.45, 7) is 0. The Morgan fingerprint density at radius 2 is 2.67 bits per heavy atom. The molecule has 1 atom stereocenters. The van der Waals surface area contributed by atoms with Crippen LogP contribution in [0, 0.1) is 0 Å². The number of carbonyl (C=O) groups excluding carboxylic acids is 1. The molecule has 9 heavy (non-hydrogen) atoms. The summed E-state index contributed by atoms with van der Waals surface area (Å²) in [6.07, 6.45) is 5.25. The van der Waals surface area contributed by atoms with Gasteiger partial charge < -0.3 is 0 Å². The second-order valence-corrected chi connectivity index (χ2v) is 2.59. The molecule has 0 aliphatic carbocycles. The lowest BCUT2D eigenvalue weighted by Crippen LogP contribution is -2.04. The first-order valence-corrected chi connectivity index (χ1v) is 3.57. The number of rotatable bonds is 1. The van der Waals surface area contributed by atoms with Gasteiger partial charge in [0.05, 0.1) is 0 Å². The molecule has 0 spiro atoms. The molecule has 0 aromatic carbocycles. The highest BCUT2D eigenvalue weighted by Crippen LogP contribution is 2.14. The number of carbonyl (C=O) groups is 1. The molecule has 0 bridgehead atoms. The zero-order chi connectivity index (χ0) is 6.69. The number of aldehydes is 1. The van der Waals surface area contributed by atoms with Crippen molar-refractivity contribution in [1.82, 2.24) is 0 Å². The van der Waals surface area contributed by atoms with Crippen LogP contribution in [-0.4, -0.2) is 17.5 Å². The third kappa shape index (κ3) is 1.48. The Hall–Kier alpha value is -0.440. The molecule has 0 saturated heterocycles. The van der Waals surface area contributed by atoms with E-state index >= 15 is 0 Å². The lowest BCUT2D eigenvalue weighted by atomic mass is 10.2. The molecule has 0 amide bonds. The van der Waals surface area contributed by atoms with Gasteiger partial charge in [0.2, 0.25) is 0 Å². The molecule has 0 aromatic rings. The monoisotopic (exact) mass is 187 g/mol. The van der Waals surface area contributed by atoms with Gasteiger partial charge in [0.1, 0.15) is 11.2 Å². The summed E-state index contributed by atoms with van der Waals surface area (Å²) < 4.78 is 0. The van der Waals surface area contributed by atoms with Crippen LogP contribution >= 0.6 is 15.9 Å². The largest absolute Gasteiger partial charge is 0.298 e. The Morgan fingerprint density at radius 3 is 3.11 bits per heavy atom. The minimum Gasteiger partial charge on any atom is -0.298 e. The maximum Gasteiger partial charge on any atom is 0.148 e. The van der Waals surface area contributed by atoms with E-state index in [-0.39, 0.29) is 4.95 Å². The molecule has 48 valence electrons. The van der Waals surface area contributed by atoms with E-state index in [4.69, 9.17) is 0 Å². The van der Waals surface area contributed by atoms with Crippen LogP contribution in [0.15, 0.2) is 16.6 Å². The third-order valence-electron chi connectivity index (χ3n) is 1.11. The third-order valence-corrected chi connectivity index (χ3v) is 1.87. The highest BCUT2D eigenvalue weighted by Gasteiger charge is 2.08. The number of alkyl halides is 1. The van der Waals surface area contributed by atoms with Gasteiger partial charge in [-0.15, -0.1) is 0 Å². The molecule has 1 aliphatic heterocycles.